The Kier molecular flexibility index (Phi) is 7.32. The SMILES string of the molecule is C[Si](C)(C)CCOCn1c(-c2ccc(-c3ccc(O)cc3)nc2)nc(-c2ccccc2)c1C(F)(F)F. The minimum absolute atomic E-state index is 0.138. The van der Waals surface area contributed by atoms with E-state index in [9.17, 15) is 18.3 Å². The van der Waals surface area contributed by atoms with Crippen LogP contribution in [0.25, 0.3) is 33.9 Å². The number of imidazole rings is 1. The zero-order chi connectivity index (χ0) is 25.9. The fourth-order valence-electron chi connectivity index (χ4n) is 3.75. The molecule has 4 aromatic rings. The minimum Gasteiger partial charge on any atom is -0.508 e. The van der Waals surface area contributed by atoms with Gasteiger partial charge in [-0.15, -0.1) is 0 Å². The number of aromatic hydroxyl groups is 1. The second-order valence-corrected chi connectivity index (χ2v) is 15.4. The molecule has 0 saturated heterocycles. The van der Waals surface area contributed by atoms with E-state index in [4.69, 9.17) is 4.74 Å². The molecule has 188 valence electrons. The predicted octanol–water partition coefficient (Wildman–Crippen LogP) is 7.32. The molecule has 0 saturated carbocycles. The molecule has 0 radical (unpaired) electrons. The van der Waals surface area contributed by atoms with Gasteiger partial charge in [0.2, 0.25) is 0 Å². The minimum atomic E-state index is -4.64. The molecule has 0 bridgehead atoms. The zero-order valence-corrected chi connectivity index (χ0v) is 21.4. The summed E-state index contributed by atoms with van der Waals surface area (Å²) in [6.45, 7) is 6.68. The van der Waals surface area contributed by atoms with Crippen LogP contribution in [-0.4, -0.2) is 34.3 Å². The summed E-state index contributed by atoms with van der Waals surface area (Å²) in [7, 11) is -1.41. The molecule has 2 aromatic carbocycles. The molecule has 0 fully saturated rings. The van der Waals surface area contributed by atoms with Crippen molar-refractivity contribution in [3.8, 4) is 39.7 Å². The third kappa shape index (κ3) is 6.03. The smallest absolute Gasteiger partial charge is 0.433 e. The van der Waals surface area contributed by atoms with Crippen molar-refractivity contribution in [1.29, 1.82) is 0 Å². The van der Waals surface area contributed by atoms with E-state index in [0.29, 0.717) is 23.4 Å². The number of pyridine rings is 1. The van der Waals surface area contributed by atoms with Crippen molar-refractivity contribution in [3.63, 3.8) is 0 Å². The highest BCUT2D eigenvalue weighted by atomic mass is 28.3. The maximum Gasteiger partial charge on any atom is 0.433 e. The van der Waals surface area contributed by atoms with Gasteiger partial charge in [-0.2, -0.15) is 13.2 Å². The third-order valence-electron chi connectivity index (χ3n) is 5.68. The van der Waals surface area contributed by atoms with E-state index < -0.39 is 19.9 Å². The van der Waals surface area contributed by atoms with Gasteiger partial charge in [0, 0.05) is 37.6 Å². The van der Waals surface area contributed by atoms with Crippen LogP contribution < -0.4 is 0 Å². The van der Waals surface area contributed by atoms with Gasteiger partial charge in [0.15, 0.2) is 5.69 Å². The molecule has 0 aliphatic heterocycles. The molecule has 4 rings (SSSR count). The molecule has 0 unspecified atom stereocenters. The summed E-state index contributed by atoms with van der Waals surface area (Å²) < 4.78 is 50.0. The normalized spacial score (nSPS) is 12.2. The Bertz CT molecular complexity index is 1300. The highest BCUT2D eigenvalue weighted by Gasteiger charge is 2.40. The van der Waals surface area contributed by atoms with Crippen LogP contribution in [0, 0.1) is 0 Å². The molecule has 36 heavy (non-hydrogen) atoms. The number of nitrogens with zero attached hydrogens (tertiary/aromatic N) is 3. The van der Waals surface area contributed by atoms with E-state index in [1.807, 2.05) is 0 Å². The molecule has 0 spiro atoms. The van der Waals surface area contributed by atoms with Crippen LogP contribution in [-0.2, 0) is 17.6 Å². The van der Waals surface area contributed by atoms with E-state index in [1.54, 1.807) is 66.7 Å². The largest absolute Gasteiger partial charge is 0.508 e. The second-order valence-electron chi connectivity index (χ2n) is 9.75. The van der Waals surface area contributed by atoms with Crippen LogP contribution >= 0.6 is 0 Å². The number of rotatable bonds is 8. The highest BCUT2D eigenvalue weighted by Crippen LogP contribution is 2.40. The van der Waals surface area contributed by atoms with Gasteiger partial charge in [0.05, 0.1) is 5.69 Å². The van der Waals surface area contributed by atoms with Gasteiger partial charge in [-0.05, 0) is 42.4 Å². The Morgan fingerprint density at radius 3 is 2.14 bits per heavy atom. The van der Waals surface area contributed by atoms with E-state index in [2.05, 4.69) is 29.6 Å². The highest BCUT2D eigenvalue weighted by molar-refractivity contribution is 6.76. The van der Waals surface area contributed by atoms with Gasteiger partial charge < -0.3 is 9.84 Å². The molecule has 2 heterocycles. The third-order valence-corrected chi connectivity index (χ3v) is 7.39. The molecule has 0 atom stereocenters. The van der Waals surface area contributed by atoms with Gasteiger partial charge >= 0.3 is 6.18 Å². The van der Waals surface area contributed by atoms with Crippen LogP contribution in [0.15, 0.2) is 72.9 Å². The lowest BCUT2D eigenvalue weighted by molar-refractivity contribution is -0.145. The van der Waals surface area contributed by atoms with Gasteiger partial charge in [-0.1, -0.05) is 50.0 Å². The van der Waals surface area contributed by atoms with Crippen molar-refractivity contribution in [1.82, 2.24) is 14.5 Å². The van der Waals surface area contributed by atoms with E-state index >= 15 is 0 Å². The lowest BCUT2D eigenvalue weighted by Gasteiger charge is -2.18. The first-order valence-electron chi connectivity index (χ1n) is 11.6. The average Bonchev–Trinajstić information content (AvgIpc) is 3.23. The number of aromatic nitrogens is 3. The molecule has 2 aromatic heterocycles. The molecule has 1 N–H and O–H groups in total. The van der Waals surface area contributed by atoms with Gasteiger partial charge in [0.25, 0.3) is 0 Å². The lowest BCUT2D eigenvalue weighted by atomic mass is 10.1. The number of alkyl halides is 3. The number of hydrogen-bond acceptors (Lipinski definition) is 4. The zero-order valence-electron chi connectivity index (χ0n) is 20.4. The summed E-state index contributed by atoms with van der Waals surface area (Å²) in [6.07, 6.45) is -3.13. The Labute approximate surface area is 209 Å². The number of phenols is 1. The standard InChI is InChI=1S/C27H28F3N3O2Si/c1-36(2,3)16-15-35-18-33-25(27(28,29)30)24(20-7-5-4-6-8-20)32-26(33)21-11-14-23(31-17-21)19-9-12-22(34)13-10-19/h4-14,17,34H,15-16,18H2,1-3H3. The van der Waals surface area contributed by atoms with Crippen LogP contribution in [0.2, 0.25) is 25.7 Å². The lowest BCUT2D eigenvalue weighted by Crippen LogP contribution is -2.23. The first-order valence-corrected chi connectivity index (χ1v) is 15.3. The molecular weight excluding hydrogens is 483 g/mol. The van der Waals surface area contributed by atoms with Crippen molar-refractivity contribution in [2.24, 2.45) is 0 Å². The number of halogens is 3. The fourth-order valence-corrected chi connectivity index (χ4v) is 4.50. The maximum atomic E-state index is 14.4. The van der Waals surface area contributed by atoms with Crippen molar-refractivity contribution in [2.75, 3.05) is 6.61 Å². The Morgan fingerprint density at radius 2 is 1.56 bits per heavy atom. The predicted molar refractivity (Wildman–Crippen MR) is 137 cm³/mol. The fraction of sp³-hybridized carbons (Fsp3) is 0.259. The van der Waals surface area contributed by atoms with Crippen LogP contribution in [0.5, 0.6) is 5.75 Å². The quantitative estimate of drug-likeness (QED) is 0.199. The summed E-state index contributed by atoms with van der Waals surface area (Å²) in [5.74, 6) is 0.276. The second kappa shape index (κ2) is 10.3. The Balaban J connectivity index is 1.77. The number of hydrogen-bond donors (Lipinski definition) is 1. The Morgan fingerprint density at radius 1 is 0.889 bits per heavy atom. The molecule has 0 amide bonds. The van der Waals surface area contributed by atoms with Crippen LogP contribution in [0.4, 0.5) is 13.2 Å². The number of benzene rings is 2. The van der Waals surface area contributed by atoms with Crippen molar-refractivity contribution in [3.05, 3.63) is 78.6 Å². The monoisotopic (exact) mass is 511 g/mol. The summed E-state index contributed by atoms with van der Waals surface area (Å²) >= 11 is 0. The summed E-state index contributed by atoms with van der Waals surface area (Å²) in [5, 5.41) is 9.52. The van der Waals surface area contributed by atoms with Crippen molar-refractivity contribution >= 4 is 8.07 Å². The van der Waals surface area contributed by atoms with Gasteiger partial charge in [-0.25, -0.2) is 4.98 Å². The molecule has 9 heteroatoms. The van der Waals surface area contributed by atoms with E-state index in [-0.39, 0.29) is 24.0 Å². The summed E-state index contributed by atoms with van der Waals surface area (Å²) in [6, 6.07) is 19.2. The van der Waals surface area contributed by atoms with Crippen molar-refractivity contribution < 1.29 is 23.0 Å². The van der Waals surface area contributed by atoms with Crippen molar-refractivity contribution in [2.45, 2.75) is 38.6 Å². The first kappa shape index (κ1) is 25.7. The van der Waals surface area contributed by atoms with E-state index in [1.165, 1.54) is 6.20 Å². The number of ether oxygens (including phenoxy) is 1. The summed E-state index contributed by atoms with van der Waals surface area (Å²) in [5.41, 5.74) is 1.23. The van der Waals surface area contributed by atoms with Crippen LogP contribution in [0.3, 0.4) is 0 Å². The summed E-state index contributed by atoms with van der Waals surface area (Å²) in [4.78, 5) is 8.90. The van der Waals surface area contributed by atoms with Crippen LogP contribution in [0.1, 0.15) is 5.69 Å². The molecule has 5 nitrogen and oxygen atoms in total. The van der Waals surface area contributed by atoms with Gasteiger partial charge in [-0.3, -0.25) is 9.55 Å². The topological polar surface area (TPSA) is 60.2 Å². The Hall–Kier alpha value is -3.43. The first-order chi connectivity index (χ1) is 17.0. The van der Waals surface area contributed by atoms with Gasteiger partial charge in [0.1, 0.15) is 24.0 Å². The number of phenolic OH excluding ortho intramolecular Hbond substituents is 1. The average molecular weight is 512 g/mol. The van der Waals surface area contributed by atoms with E-state index in [0.717, 1.165) is 16.2 Å². The molecule has 0 aliphatic carbocycles. The maximum absolute atomic E-state index is 14.4. The molecule has 0 aliphatic rings. The molecular formula is C27H28F3N3O2Si.